The first-order valence-corrected chi connectivity index (χ1v) is 10.6. The average Bonchev–Trinajstić information content (AvgIpc) is 3.22. The van der Waals surface area contributed by atoms with Crippen LogP contribution in [0, 0.1) is 11.8 Å². The highest BCUT2D eigenvalue weighted by Crippen LogP contribution is 2.39. The highest BCUT2D eigenvalue weighted by Gasteiger charge is 2.44. The Kier molecular flexibility index (Phi) is 7.76. The molecule has 172 valence electrons. The maximum Gasteiger partial charge on any atom is 0.290 e. The van der Waals surface area contributed by atoms with E-state index in [1.807, 2.05) is 35.2 Å². The van der Waals surface area contributed by atoms with Gasteiger partial charge in [-0.25, -0.2) is 9.97 Å². The maximum absolute atomic E-state index is 13.4. The van der Waals surface area contributed by atoms with E-state index in [1.54, 1.807) is 13.3 Å². The minimum absolute atomic E-state index is 0.0198. The van der Waals surface area contributed by atoms with Crippen molar-refractivity contribution in [2.45, 2.75) is 25.0 Å². The summed E-state index contributed by atoms with van der Waals surface area (Å²) in [6.07, 6.45) is 3.80. The van der Waals surface area contributed by atoms with Crippen LogP contribution in [-0.2, 0) is 9.53 Å². The van der Waals surface area contributed by atoms with Crippen LogP contribution in [0.3, 0.4) is 0 Å². The van der Waals surface area contributed by atoms with Crippen LogP contribution in [0.5, 0.6) is 0 Å². The number of rotatable bonds is 4. The van der Waals surface area contributed by atoms with Crippen molar-refractivity contribution in [2.75, 3.05) is 40.0 Å². The molecule has 0 unspecified atom stereocenters. The molecule has 4 rings (SSSR count). The number of likely N-dealkylation sites (tertiary alicyclic amines) is 1. The summed E-state index contributed by atoms with van der Waals surface area (Å²) < 4.78 is 5.76. The minimum atomic E-state index is -0.250. The van der Waals surface area contributed by atoms with E-state index in [4.69, 9.17) is 20.4 Å². The number of fused-ring (bicyclic) bond motifs is 1. The third-order valence-electron chi connectivity index (χ3n) is 6.42. The van der Waals surface area contributed by atoms with Gasteiger partial charge in [0.15, 0.2) is 0 Å². The second-order valence-electron chi connectivity index (χ2n) is 8.47. The summed E-state index contributed by atoms with van der Waals surface area (Å²) in [5, 5.41) is 6.89. The molecule has 2 aromatic rings. The Hall–Kier alpha value is -3.04. The maximum atomic E-state index is 13.4. The molecule has 32 heavy (non-hydrogen) atoms. The van der Waals surface area contributed by atoms with Crippen molar-refractivity contribution in [1.29, 1.82) is 0 Å². The van der Waals surface area contributed by atoms with Crippen LogP contribution in [0.2, 0.25) is 0 Å². The molecule has 9 nitrogen and oxygen atoms in total. The third kappa shape index (κ3) is 5.05. The highest BCUT2D eigenvalue weighted by atomic mass is 16.5. The number of hydrogen-bond acceptors (Lipinski definition) is 7. The van der Waals surface area contributed by atoms with Crippen LogP contribution in [0.1, 0.15) is 23.2 Å². The average molecular weight is 442 g/mol. The van der Waals surface area contributed by atoms with Gasteiger partial charge >= 0.3 is 0 Å². The fraction of sp³-hybridized carbons (Fsp3) is 0.478. The van der Waals surface area contributed by atoms with E-state index in [2.05, 4.69) is 29.0 Å². The van der Waals surface area contributed by atoms with E-state index in [1.165, 1.54) is 0 Å². The second kappa shape index (κ2) is 10.5. The SMILES string of the molecule is CO[C@@H]1C[C@H]2CN(C(=O)c3cnc(N)nc3-c3ccccc3)C[C@H]2C[C@H]1N(C)C.O=CO. The van der Waals surface area contributed by atoms with Crippen LogP contribution >= 0.6 is 0 Å². The number of likely N-dealkylation sites (N-methyl/N-ethyl adjacent to an activating group) is 1. The van der Waals surface area contributed by atoms with Gasteiger partial charge in [-0.15, -0.1) is 0 Å². The summed E-state index contributed by atoms with van der Waals surface area (Å²) in [5.74, 6) is 1.11. The summed E-state index contributed by atoms with van der Waals surface area (Å²) in [6.45, 7) is 1.27. The molecule has 2 heterocycles. The standard InChI is InChI=1S/C22H29N5O2.CH2O2/c1-26(2)18-9-15-12-27(13-16(15)10-19(18)29-3)21(28)17-11-24-22(23)25-20(17)14-7-5-4-6-8-14;2-1-3/h4-8,11,15-16,18-19H,9-10,12-13H2,1-3H3,(H2,23,24,25);1H,(H,2,3)/t15-,16+,18-,19-;/m1./s1. The summed E-state index contributed by atoms with van der Waals surface area (Å²) in [4.78, 5) is 34.5. The summed E-state index contributed by atoms with van der Waals surface area (Å²) in [7, 11) is 6.00. The van der Waals surface area contributed by atoms with Gasteiger partial charge in [0.05, 0.1) is 17.4 Å². The highest BCUT2D eigenvalue weighted by molar-refractivity contribution is 6.00. The van der Waals surface area contributed by atoms with Crippen molar-refractivity contribution in [2.24, 2.45) is 11.8 Å². The molecule has 1 aliphatic heterocycles. The Morgan fingerprint density at radius 2 is 1.84 bits per heavy atom. The van der Waals surface area contributed by atoms with Crippen molar-refractivity contribution in [3.05, 3.63) is 42.1 Å². The first-order valence-electron chi connectivity index (χ1n) is 10.6. The van der Waals surface area contributed by atoms with Crippen LogP contribution in [0.25, 0.3) is 11.3 Å². The monoisotopic (exact) mass is 441 g/mol. The number of nitrogens with zero attached hydrogens (tertiary/aromatic N) is 4. The Labute approximate surface area is 188 Å². The number of hydrogen-bond donors (Lipinski definition) is 2. The lowest BCUT2D eigenvalue weighted by Crippen LogP contribution is -2.47. The fourth-order valence-corrected chi connectivity index (χ4v) is 4.89. The Morgan fingerprint density at radius 3 is 2.44 bits per heavy atom. The number of methoxy groups -OCH3 is 1. The molecule has 0 radical (unpaired) electrons. The van der Waals surface area contributed by atoms with Crippen molar-refractivity contribution < 1.29 is 19.4 Å². The lowest BCUT2D eigenvalue weighted by molar-refractivity contribution is -0.122. The molecular weight excluding hydrogens is 410 g/mol. The fourth-order valence-electron chi connectivity index (χ4n) is 4.89. The number of carboxylic acid groups (broad SMARTS) is 1. The number of ether oxygens (including phenoxy) is 1. The number of anilines is 1. The molecule has 1 saturated heterocycles. The van der Waals surface area contributed by atoms with Gasteiger partial charge in [-0.05, 0) is 38.8 Å². The van der Waals surface area contributed by atoms with Gasteiger partial charge in [0, 0.05) is 38.0 Å². The quantitative estimate of drug-likeness (QED) is 0.690. The number of benzene rings is 1. The van der Waals surface area contributed by atoms with Gasteiger partial charge in [-0.3, -0.25) is 9.59 Å². The number of carbonyl (C=O) groups excluding carboxylic acids is 1. The predicted molar refractivity (Wildman–Crippen MR) is 121 cm³/mol. The molecule has 3 N–H and O–H groups in total. The van der Waals surface area contributed by atoms with Crippen LogP contribution in [-0.4, -0.2) is 83.7 Å². The van der Waals surface area contributed by atoms with E-state index in [0.29, 0.717) is 29.1 Å². The number of amides is 1. The van der Waals surface area contributed by atoms with Crippen molar-refractivity contribution in [3.63, 3.8) is 0 Å². The first-order chi connectivity index (χ1) is 15.4. The summed E-state index contributed by atoms with van der Waals surface area (Å²) in [6, 6.07) is 10.1. The molecule has 0 bridgehead atoms. The smallest absolute Gasteiger partial charge is 0.290 e. The summed E-state index contributed by atoms with van der Waals surface area (Å²) in [5.41, 5.74) is 7.80. The molecule has 1 amide bonds. The Balaban J connectivity index is 0.000000913. The predicted octanol–water partition coefficient (Wildman–Crippen LogP) is 1.85. The van der Waals surface area contributed by atoms with Crippen LogP contribution < -0.4 is 5.73 Å². The zero-order valence-electron chi connectivity index (χ0n) is 18.7. The van der Waals surface area contributed by atoms with Gasteiger partial charge in [-0.1, -0.05) is 30.3 Å². The molecule has 9 heteroatoms. The van der Waals surface area contributed by atoms with Gasteiger partial charge in [0.1, 0.15) is 0 Å². The molecule has 1 saturated carbocycles. The topological polar surface area (TPSA) is 122 Å². The van der Waals surface area contributed by atoms with Crippen molar-refractivity contribution in [1.82, 2.24) is 19.8 Å². The number of nitrogens with two attached hydrogens (primary N) is 1. The molecule has 1 aromatic carbocycles. The summed E-state index contributed by atoms with van der Waals surface area (Å²) >= 11 is 0. The van der Waals surface area contributed by atoms with Gasteiger partial charge in [0.25, 0.3) is 12.4 Å². The Bertz CT molecular complexity index is 924. The largest absolute Gasteiger partial charge is 0.483 e. The van der Waals surface area contributed by atoms with Crippen molar-refractivity contribution >= 4 is 18.3 Å². The van der Waals surface area contributed by atoms with Crippen LogP contribution in [0.4, 0.5) is 5.95 Å². The Morgan fingerprint density at radius 1 is 1.22 bits per heavy atom. The molecule has 1 aliphatic carbocycles. The molecule has 1 aromatic heterocycles. The van der Waals surface area contributed by atoms with E-state index in [0.717, 1.165) is 31.5 Å². The van der Waals surface area contributed by atoms with E-state index in [9.17, 15) is 4.79 Å². The van der Waals surface area contributed by atoms with Gasteiger partial charge in [-0.2, -0.15) is 0 Å². The second-order valence-corrected chi connectivity index (χ2v) is 8.47. The third-order valence-corrected chi connectivity index (χ3v) is 6.42. The zero-order valence-corrected chi connectivity index (χ0v) is 18.7. The first kappa shape index (κ1) is 23.6. The molecule has 2 aliphatic rings. The lowest BCUT2D eigenvalue weighted by atomic mass is 9.77. The van der Waals surface area contributed by atoms with E-state index >= 15 is 0 Å². The number of carbonyl (C=O) groups is 2. The van der Waals surface area contributed by atoms with E-state index in [-0.39, 0.29) is 24.4 Å². The molecule has 2 fully saturated rings. The van der Waals surface area contributed by atoms with Gasteiger partial charge in [0.2, 0.25) is 5.95 Å². The number of nitrogen functional groups attached to an aromatic ring is 1. The van der Waals surface area contributed by atoms with Crippen molar-refractivity contribution in [3.8, 4) is 11.3 Å². The molecular formula is C23H31N5O4. The minimum Gasteiger partial charge on any atom is -0.483 e. The zero-order chi connectivity index (χ0) is 23.3. The normalized spacial score (nSPS) is 24.4. The van der Waals surface area contributed by atoms with Gasteiger partial charge < -0.3 is 25.4 Å². The van der Waals surface area contributed by atoms with E-state index < -0.39 is 0 Å². The molecule has 0 spiro atoms. The lowest BCUT2D eigenvalue weighted by Gasteiger charge is -2.40. The number of aromatic nitrogens is 2. The molecule has 4 atom stereocenters. The van der Waals surface area contributed by atoms with Crippen LogP contribution in [0.15, 0.2) is 36.5 Å².